The molecule has 2 rings (SSSR count). The lowest BCUT2D eigenvalue weighted by Crippen LogP contribution is -2.46. The Morgan fingerprint density at radius 2 is 1.56 bits per heavy atom. The van der Waals surface area contributed by atoms with Crippen LogP contribution in [0, 0.1) is 16.7 Å². The molecule has 0 aromatic carbocycles. The van der Waals surface area contributed by atoms with Crippen LogP contribution in [-0.2, 0) is 0 Å². The quantitative estimate of drug-likeness (QED) is 0.749. The Labute approximate surface area is 113 Å². The molecule has 1 N–H and O–H groups in total. The van der Waals surface area contributed by atoms with Gasteiger partial charge in [-0.2, -0.15) is 0 Å². The van der Waals surface area contributed by atoms with Crippen LogP contribution in [0.4, 0.5) is 0 Å². The molecule has 2 fully saturated rings. The van der Waals surface area contributed by atoms with Crippen molar-refractivity contribution in [1.82, 2.24) is 15.1 Å². The second-order valence-electron chi connectivity index (χ2n) is 7.35. The minimum atomic E-state index is 0.522. The number of likely N-dealkylation sites (N-methyl/N-ethyl adjacent to an activating group) is 1. The van der Waals surface area contributed by atoms with E-state index < -0.39 is 0 Å². The average molecular weight is 253 g/mol. The van der Waals surface area contributed by atoms with Crippen molar-refractivity contribution in [3.63, 3.8) is 0 Å². The molecule has 0 atom stereocenters. The third-order valence-corrected chi connectivity index (χ3v) is 5.87. The second kappa shape index (κ2) is 5.10. The Hall–Kier alpha value is -0.120. The molecule has 0 aromatic rings. The molecule has 0 aromatic heterocycles. The van der Waals surface area contributed by atoms with E-state index in [4.69, 9.17) is 0 Å². The van der Waals surface area contributed by atoms with Crippen LogP contribution in [0.1, 0.15) is 27.7 Å². The first-order chi connectivity index (χ1) is 8.35. The molecule has 1 aliphatic carbocycles. The van der Waals surface area contributed by atoms with E-state index in [-0.39, 0.29) is 0 Å². The summed E-state index contributed by atoms with van der Waals surface area (Å²) >= 11 is 0. The number of piperazine rings is 1. The van der Waals surface area contributed by atoms with Gasteiger partial charge in [0.15, 0.2) is 0 Å². The summed E-state index contributed by atoms with van der Waals surface area (Å²) in [6, 6.07) is 0. The fourth-order valence-electron chi connectivity index (χ4n) is 3.40. The highest BCUT2D eigenvalue weighted by molar-refractivity contribution is 5.12. The van der Waals surface area contributed by atoms with Gasteiger partial charge in [-0.3, -0.25) is 4.90 Å². The third-order valence-electron chi connectivity index (χ3n) is 5.87. The number of hydrogen-bond donors (Lipinski definition) is 1. The Morgan fingerprint density at radius 1 is 1.00 bits per heavy atom. The molecule has 3 nitrogen and oxygen atoms in total. The molecule has 0 bridgehead atoms. The van der Waals surface area contributed by atoms with Gasteiger partial charge in [0, 0.05) is 39.3 Å². The standard InChI is InChI=1S/C15H31N3/c1-14(2)13(15(14,3)4)12-16-6-7-18-10-8-17(5)9-11-18/h13,16H,6-12H2,1-5H3. The number of nitrogens with one attached hydrogen (secondary N) is 1. The molecule has 0 unspecified atom stereocenters. The van der Waals surface area contributed by atoms with E-state index in [9.17, 15) is 0 Å². The van der Waals surface area contributed by atoms with Crippen molar-refractivity contribution < 1.29 is 0 Å². The normalized spacial score (nSPS) is 28.5. The van der Waals surface area contributed by atoms with Gasteiger partial charge in [0.1, 0.15) is 0 Å². The van der Waals surface area contributed by atoms with Gasteiger partial charge >= 0.3 is 0 Å². The summed E-state index contributed by atoms with van der Waals surface area (Å²) in [5.41, 5.74) is 1.04. The van der Waals surface area contributed by atoms with Gasteiger partial charge in [-0.25, -0.2) is 0 Å². The van der Waals surface area contributed by atoms with E-state index >= 15 is 0 Å². The first kappa shape index (κ1) is 14.3. The summed E-state index contributed by atoms with van der Waals surface area (Å²) in [7, 11) is 2.22. The Morgan fingerprint density at radius 3 is 2.06 bits per heavy atom. The molecular weight excluding hydrogens is 222 g/mol. The van der Waals surface area contributed by atoms with Crippen molar-refractivity contribution in [2.75, 3.05) is 52.9 Å². The van der Waals surface area contributed by atoms with Gasteiger partial charge in [-0.05, 0) is 30.3 Å². The molecule has 106 valence electrons. The van der Waals surface area contributed by atoms with Gasteiger partial charge in [-0.15, -0.1) is 0 Å². The van der Waals surface area contributed by atoms with Gasteiger partial charge in [-0.1, -0.05) is 27.7 Å². The van der Waals surface area contributed by atoms with Crippen molar-refractivity contribution in [1.29, 1.82) is 0 Å². The highest BCUT2D eigenvalue weighted by Crippen LogP contribution is 2.67. The zero-order valence-corrected chi connectivity index (χ0v) is 12.9. The second-order valence-corrected chi connectivity index (χ2v) is 7.35. The van der Waals surface area contributed by atoms with Crippen molar-refractivity contribution in [3.8, 4) is 0 Å². The van der Waals surface area contributed by atoms with Crippen LogP contribution in [0.5, 0.6) is 0 Å². The van der Waals surface area contributed by atoms with Crippen LogP contribution >= 0.6 is 0 Å². The van der Waals surface area contributed by atoms with Gasteiger partial charge in [0.05, 0.1) is 0 Å². The largest absolute Gasteiger partial charge is 0.315 e. The Kier molecular flexibility index (Phi) is 4.05. The van der Waals surface area contributed by atoms with Crippen LogP contribution in [0.3, 0.4) is 0 Å². The van der Waals surface area contributed by atoms with Crippen LogP contribution in [0.2, 0.25) is 0 Å². The monoisotopic (exact) mass is 253 g/mol. The van der Waals surface area contributed by atoms with Crippen molar-refractivity contribution >= 4 is 0 Å². The summed E-state index contributed by atoms with van der Waals surface area (Å²) in [6.07, 6.45) is 0. The zero-order chi connectivity index (χ0) is 13.4. The molecule has 3 heteroatoms. The Balaban J connectivity index is 1.58. The zero-order valence-electron chi connectivity index (χ0n) is 12.9. The highest BCUT2D eigenvalue weighted by atomic mass is 15.2. The lowest BCUT2D eigenvalue weighted by atomic mass is 10.0. The van der Waals surface area contributed by atoms with Crippen LogP contribution in [0.15, 0.2) is 0 Å². The number of rotatable bonds is 5. The SMILES string of the molecule is CN1CCN(CCNCC2C(C)(C)C2(C)C)CC1. The molecule has 0 radical (unpaired) electrons. The summed E-state index contributed by atoms with van der Waals surface area (Å²) in [6.45, 7) is 18.1. The summed E-state index contributed by atoms with van der Waals surface area (Å²) in [4.78, 5) is 5.00. The lowest BCUT2D eigenvalue weighted by Gasteiger charge is -2.32. The first-order valence-electron chi connectivity index (χ1n) is 7.47. The smallest absolute Gasteiger partial charge is 0.0110 e. The van der Waals surface area contributed by atoms with Crippen molar-refractivity contribution in [3.05, 3.63) is 0 Å². The predicted octanol–water partition coefficient (Wildman–Crippen LogP) is 1.51. The number of hydrogen-bond acceptors (Lipinski definition) is 3. The van der Waals surface area contributed by atoms with E-state index in [1.807, 2.05) is 0 Å². The molecule has 2 aliphatic rings. The van der Waals surface area contributed by atoms with E-state index in [1.165, 1.54) is 39.3 Å². The molecule has 1 saturated carbocycles. The summed E-state index contributed by atoms with van der Waals surface area (Å²) < 4.78 is 0. The maximum absolute atomic E-state index is 3.66. The third kappa shape index (κ3) is 2.73. The summed E-state index contributed by atoms with van der Waals surface area (Å²) in [5, 5.41) is 3.66. The molecular formula is C15H31N3. The molecule has 1 heterocycles. The average Bonchev–Trinajstić information content (AvgIpc) is 2.68. The van der Waals surface area contributed by atoms with Crippen LogP contribution in [0.25, 0.3) is 0 Å². The Bertz CT molecular complexity index is 263. The van der Waals surface area contributed by atoms with Crippen molar-refractivity contribution in [2.24, 2.45) is 16.7 Å². The van der Waals surface area contributed by atoms with E-state index in [1.54, 1.807) is 0 Å². The highest BCUT2D eigenvalue weighted by Gasteiger charge is 2.63. The first-order valence-corrected chi connectivity index (χ1v) is 7.47. The number of nitrogens with zero attached hydrogens (tertiary/aromatic N) is 2. The van der Waals surface area contributed by atoms with Crippen LogP contribution in [-0.4, -0.2) is 62.7 Å². The fourth-order valence-corrected chi connectivity index (χ4v) is 3.40. The maximum Gasteiger partial charge on any atom is 0.0110 e. The molecule has 0 spiro atoms. The molecule has 0 amide bonds. The van der Waals surface area contributed by atoms with E-state index in [0.29, 0.717) is 10.8 Å². The van der Waals surface area contributed by atoms with E-state index in [0.717, 1.165) is 12.5 Å². The minimum Gasteiger partial charge on any atom is -0.315 e. The van der Waals surface area contributed by atoms with Crippen LogP contribution < -0.4 is 5.32 Å². The maximum atomic E-state index is 3.66. The fraction of sp³-hybridized carbons (Fsp3) is 1.00. The lowest BCUT2D eigenvalue weighted by molar-refractivity contribution is 0.154. The van der Waals surface area contributed by atoms with Gasteiger partial charge < -0.3 is 10.2 Å². The summed E-state index contributed by atoms with van der Waals surface area (Å²) in [5.74, 6) is 0.845. The van der Waals surface area contributed by atoms with Gasteiger partial charge in [0.25, 0.3) is 0 Å². The topological polar surface area (TPSA) is 18.5 Å². The molecule has 18 heavy (non-hydrogen) atoms. The minimum absolute atomic E-state index is 0.522. The van der Waals surface area contributed by atoms with Gasteiger partial charge in [0.2, 0.25) is 0 Å². The van der Waals surface area contributed by atoms with Crippen molar-refractivity contribution in [2.45, 2.75) is 27.7 Å². The predicted molar refractivity (Wildman–Crippen MR) is 77.9 cm³/mol. The molecule has 1 aliphatic heterocycles. The van der Waals surface area contributed by atoms with E-state index in [2.05, 4.69) is 49.9 Å². The molecule has 1 saturated heterocycles.